The first-order chi connectivity index (χ1) is 7.95. The first-order valence-corrected chi connectivity index (χ1v) is 5.79. The van der Waals surface area contributed by atoms with Crippen molar-refractivity contribution in [2.45, 2.75) is 25.7 Å². The van der Waals surface area contributed by atoms with Gasteiger partial charge in [0.05, 0.1) is 5.69 Å². The van der Waals surface area contributed by atoms with Gasteiger partial charge in [-0.05, 0) is 42.9 Å². The van der Waals surface area contributed by atoms with Crippen LogP contribution in [0.2, 0.25) is 0 Å². The standard InChI is InChI=1S/C13H15N3/c1-2-6-12-11(4-1)5-3-7-13(12)16-9-8-14-10-15-16/h3,5,7-10H,1-2,4,6H2,(H,14,15). The number of aryl methyl sites for hydroxylation is 1. The number of benzene rings is 1. The van der Waals surface area contributed by atoms with Crippen LogP contribution in [0.3, 0.4) is 0 Å². The molecule has 0 radical (unpaired) electrons. The van der Waals surface area contributed by atoms with Crippen LogP contribution < -0.4 is 10.4 Å². The van der Waals surface area contributed by atoms with E-state index in [-0.39, 0.29) is 0 Å². The van der Waals surface area contributed by atoms with Crippen LogP contribution in [-0.4, -0.2) is 6.34 Å². The van der Waals surface area contributed by atoms with Gasteiger partial charge >= 0.3 is 0 Å². The maximum atomic E-state index is 4.01. The average molecular weight is 213 g/mol. The minimum absolute atomic E-state index is 1.19. The zero-order valence-corrected chi connectivity index (χ0v) is 9.19. The van der Waals surface area contributed by atoms with E-state index >= 15 is 0 Å². The van der Waals surface area contributed by atoms with Crippen LogP contribution in [0.1, 0.15) is 24.0 Å². The Kier molecular flexibility index (Phi) is 2.37. The fourth-order valence-electron chi connectivity index (χ4n) is 2.42. The van der Waals surface area contributed by atoms with E-state index in [0.717, 1.165) is 0 Å². The maximum absolute atomic E-state index is 4.01. The molecule has 0 spiro atoms. The number of rotatable bonds is 1. The molecule has 1 heterocycles. The number of hydrogen-bond acceptors (Lipinski definition) is 3. The highest BCUT2D eigenvalue weighted by atomic mass is 15.5. The number of hydrogen-bond donors (Lipinski definition) is 1. The van der Waals surface area contributed by atoms with Crippen LogP contribution in [0.15, 0.2) is 35.6 Å². The topological polar surface area (TPSA) is 27.6 Å². The molecule has 3 nitrogen and oxygen atoms in total. The first-order valence-electron chi connectivity index (χ1n) is 5.79. The van der Waals surface area contributed by atoms with E-state index in [9.17, 15) is 0 Å². The molecular formula is C13H15N3. The van der Waals surface area contributed by atoms with Gasteiger partial charge in [-0.1, -0.05) is 12.1 Å². The summed E-state index contributed by atoms with van der Waals surface area (Å²) in [4.78, 5) is 4.01. The fraction of sp³-hybridized carbons (Fsp3) is 0.308. The van der Waals surface area contributed by atoms with Gasteiger partial charge in [0, 0.05) is 12.4 Å². The van der Waals surface area contributed by atoms with Crippen molar-refractivity contribution in [2.24, 2.45) is 4.99 Å². The summed E-state index contributed by atoms with van der Waals surface area (Å²) in [6.07, 6.45) is 10.5. The van der Waals surface area contributed by atoms with Crippen molar-refractivity contribution in [3.05, 3.63) is 41.7 Å². The molecule has 0 atom stereocenters. The molecule has 3 heteroatoms. The molecule has 0 unspecified atom stereocenters. The average Bonchev–Trinajstić information content (AvgIpc) is 2.39. The molecule has 1 aromatic carbocycles. The number of fused-ring (bicyclic) bond motifs is 1. The third-order valence-corrected chi connectivity index (χ3v) is 3.20. The van der Waals surface area contributed by atoms with Gasteiger partial charge in [-0.3, -0.25) is 10.4 Å². The van der Waals surface area contributed by atoms with Crippen molar-refractivity contribution in [3.63, 3.8) is 0 Å². The molecule has 1 aliphatic carbocycles. The lowest BCUT2D eigenvalue weighted by atomic mass is 9.90. The molecule has 0 fully saturated rings. The Morgan fingerprint density at radius 2 is 2.12 bits per heavy atom. The normalized spacial score (nSPS) is 18.1. The third-order valence-electron chi connectivity index (χ3n) is 3.20. The Balaban J connectivity index is 2.00. The maximum Gasteiger partial charge on any atom is 0.107 e. The van der Waals surface area contributed by atoms with Crippen LogP contribution in [-0.2, 0) is 12.8 Å². The number of aliphatic imine (C=N–C) groups is 1. The van der Waals surface area contributed by atoms with E-state index in [1.807, 2.05) is 11.2 Å². The Morgan fingerprint density at radius 1 is 1.19 bits per heavy atom. The van der Waals surface area contributed by atoms with Crippen molar-refractivity contribution in [1.29, 1.82) is 0 Å². The zero-order chi connectivity index (χ0) is 10.8. The van der Waals surface area contributed by atoms with Gasteiger partial charge in [-0.25, -0.2) is 4.99 Å². The highest BCUT2D eigenvalue weighted by molar-refractivity contribution is 5.67. The monoisotopic (exact) mass is 213 g/mol. The van der Waals surface area contributed by atoms with Crippen LogP contribution >= 0.6 is 0 Å². The molecule has 0 saturated heterocycles. The van der Waals surface area contributed by atoms with Gasteiger partial charge in [0.1, 0.15) is 6.34 Å². The molecule has 0 bridgehead atoms. The van der Waals surface area contributed by atoms with Gasteiger partial charge < -0.3 is 0 Å². The van der Waals surface area contributed by atoms with E-state index in [4.69, 9.17) is 0 Å². The van der Waals surface area contributed by atoms with Crippen molar-refractivity contribution >= 4 is 12.0 Å². The molecule has 3 rings (SSSR count). The highest BCUT2D eigenvalue weighted by Crippen LogP contribution is 2.30. The fourth-order valence-corrected chi connectivity index (χ4v) is 2.42. The van der Waals surface area contributed by atoms with Gasteiger partial charge in [-0.15, -0.1) is 0 Å². The molecule has 1 aliphatic heterocycles. The number of anilines is 1. The molecular weight excluding hydrogens is 198 g/mol. The summed E-state index contributed by atoms with van der Waals surface area (Å²) in [5.74, 6) is 0. The molecule has 1 N–H and O–H groups in total. The number of nitrogens with one attached hydrogen (secondary N) is 1. The Morgan fingerprint density at radius 3 is 3.00 bits per heavy atom. The first kappa shape index (κ1) is 9.46. The molecule has 0 amide bonds. The summed E-state index contributed by atoms with van der Waals surface area (Å²) >= 11 is 0. The largest absolute Gasteiger partial charge is 0.284 e. The van der Waals surface area contributed by atoms with Gasteiger partial charge in [-0.2, -0.15) is 0 Å². The van der Waals surface area contributed by atoms with E-state index in [1.165, 1.54) is 42.5 Å². The Labute approximate surface area is 95.5 Å². The second-order valence-corrected chi connectivity index (χ2v) is 4.20. The molecule has 2 aliphatic rings. The van der Waals surface area contributed by atoms with Crippen molar-refractivity contribution in [1.82, 2.24) is 5.43 Å². The van der Waals surface area contributed by atoms with E-state index in [1.54, 1.807) is 12.5 Å². The van der Waals surface area contributed by atoms with Crippen LogP contribution in [0, 0.1) is 0 Å². The lowest BCUT2D eigenvalue weighted by molar-refractivity contribution is 0.682. The van der Waals surface area contributed by atoms with E-state index < -0.39 is 0 Å². The van der Waals surface area contributed by atoms with Crippen molar-refractivity contribution in [2.75, 3.05) is 5.01 Å². The van der Waals surface area contributed by atoms with Crippen molar-refractivity contribution < 1.29 is 0 Å². The Bertz CT molecular complexity index is 448. The summed E-state index contributed by atoms with van der Waals surface area (Å²) in [5.41, 5.74) is 7.39. The van der Waals surface area contributed by atoms with Crippen molar-refractivity contribution in [3.8, 4) is 0 Å². The third kappa shape index (κ3) is 1.58. The summed E-state index contributed by atoms with van der Waals surface area (Å²) in [5, 5.41) is 2.04. The summed E-state index contributed by atoms with van der Waals surface area (Å²) < 4.78 is 0. The second kappa shape index (κ2) is 4.00. The van der Waals surface area contributed by atoms with Gasteiger partial charge in [0.15, 0.2) is 0 Å². The Hall–Kier alpha value is -1.77. The smallest absolute Gasteiger partial charge is 0.107 e. The van der Waals surface area contributed by atoms with Gasteiger partial charge in [0.25, 0.3) is 0 Å². The number of hydrazine groups is 1. The zero-order valence-electron chi connectivity index (χ0n) is 9.19. The molecule has 0 saturated carbocycles. The SMILES string of the molecule is C1=CN(c2cccc3c2CCCC3)NC=N1. The minimum atomic E-state index is 1.19. The lowest BCUT2D eigenvalue weighted by Gasteiger charge is -2.27. The molecule has 82 valence electrons. The lowest BCUT2D eigenvalue weighted by Crippen LogP contribution is -2.34. The van der Waals surface area contributed by atoms with Gasteiger partial charge in [0.2, 0.25) is 0 Å². The summed E-state index contributed by atoms with van der Waals surface area (Å²) in [6, 6.07) is 6.56. The quantitative estimate of drug-likeness (QED) is 0.775. The van der Waals surface area contributed by atoms with Crippen LogP contribution in [0.25, 0.3) is 0 Å². The predicted molar refractivity (Wildman–Crippen MR) is 66.3 cm³/mol. The van der Waals surface area contributed by atoms with Crippen LogP contribution in [0.5, 0.6) is 0 Å². The second-order valence-electron chi connectivity index (χ2n) is 4.20. The summed E-state index contributed by atoms with van der Waals surface area (Å²) in [6.45, 7) is 0. The molecule has 1 aromatic rings. The molecule has 16 heavy (non-hydrogen) atoms. The number of nitrogens with zero attached hydrogens (tertiary/aromatic N) is 2. The van der Waals surface area contributed by atoms with E-state index in [0.29, 0.717) is 0 Å². The highest BCUT2D eigenvalue weighted by Gasteiger charge is 2.16. The summed E-state index contributed by atoms with van der Waals surface area (Å²) in [7, 11) is 0. The van der Waals surface area contributed by atoms with E-state index in [2.05, 4.69) is 28.6 Å². The molecule has 0 aromatic heterocycles. The van der Waals surface area contributed by atoms with Crippen LogP contribution in [0.4, 0.5) is 5.69 Å². The predicted octanol–water partition coefficient (Wildman–Crippen LogP) is 2.39. The minimum Gasteiger partial charge on any atom is -0.284 e.